The van der Waals surface area contributed by atoms with Crippen molar-refractivity contribution in [1.82, 2.24) is 15.1 Å². The van der Waals surface area contributed by atoms with Crippen LogP contribution in [0, 0.1) is 0 Å². The molecular formula is C15H17N3O3S. The molecule has 0 saturated carbocycles. The second kappa shape index (κ2) is 7.13. The van der Waals surface area contributed by atoms with Crippen LogP contribution >= 0.6 is 11.8 Å². The number of carbonyl (C=O) groups is 2. The van der Waals surface area contributed by atoms with E-state index in [4.69, 9.17) is 5.11 Å². The predicted octanol–water partition coefficient (Wildman–Crippen LogP) is 1.94. The fourth-order valence-corrected chi connectivity index (χ4v) is 2.13. The van der Waals surface area contributed by atoms with E-state index in [0.717, 1.165) is 11.3 Å². The van der Waals surface area contributed by atoms with Crippen LogP contribution in [0.15, 0.2) is 36.5 Å². The van der Waals surface area contributed by atoms with E-state index in [9.17, 15) is 9.59 Å². The minimum atomic E-state index is -1.06. The maximum atomic E-state index is 11.8. The Morgan fingerprint density at radius 3 is 2.82 bits per heavy atom. The molecule has 7 heteroatoms. The Bertz CT molecular complexity index is 684. The average molecular weight is 319 g/mol. The maximum absolute atomic E-state index is 11.8. The highest BCUT2D eigenvalue weighted by atomic mass is 32.2. The largest absolute Gasteiger partial charge is 0.476 e. The third kappa shape index (κ3) is 3.88. The monoisotopic (exact) mass is 319 g/mol. The van der Waals surface area contributed by atoms with E-state index in [1.54, 1.807) is 6.20 Å². The number of nitrogens with one attached hydrogen (secondary N) is 1. The number of nitrogens with zero attached hydrogens (tertiary/aromatic N) is 2. The zero-order valence-electron chi connectivity index (χ0n) is 12.3. The van der Waals surface area contributed by atoms with Crippen molar-refractivity contribution < 1.29 is 14.7 Å². The van der Waals surface area contributed by atoms with Crippen LogP contribution in [-0.4, -0.2) is 38.3 Å². The molecule has 1 atom stereocenters. The lowest BCUT2D eigenvalue weighted by Crippen LogP contribution is -2.30. The molecule has 0 fully saturated rings. The van der Waals surface area contributed by atoms with E-state index in [2.05, 4.69) is 10.4 Å². The molecule has 2 aromatic rings. The second-order valence-electron chi connectivity index (χ2n) is 4.72. The minimum Gasteiger partial charge on any atom is -0.476 e. The van der Waals surface area contributed by atoms with Gasteiger partial charge in [-0.3, -0.25) is 4.79 Å². The molecule has 2 rings (SSSR count). The molecule has 2 N–H and O–H groups in total. The Labute approximate surface area is 132 Å². The third-order valence-electron chi connectivity index (χ3n) is 3.17. The number of aromatic nitrogens is 2. The normalized spacial score (nSPS) is 11.9. The van der Waals surface area contributed by atoms with Crippen molar-refractivity contribution in [2.75, 3.05) is 6.26 Å². The Hall–Kier alpha value is -2.28. The summed E-state index contributed by atoms with van der Waals surface area (Å²) in [7, 11) is 0. The molecule has 0 bridgehead atoms. The zero-order valence-corrected chi connectivity index (χ0v) is 13.1. The molecule has 0 saturated heterocycles. The fraction of sp³-hybridized carbons (Fsp3) is 0.267. The number of thioether (sulfide) groups is 1. The lowest BCUT2D eigenvalue weighted by molar-refractivity contribution is -0.120. The Morgan fingerprint density at radius 1 is 1.41 bits per heavy atom. The molecule has 0 aliphatic heterocycles. The molecule has 116 valence electrons. The number of carboxylic acid groups (broad SMARTS) is 1. The topological polar surface area (TPSA) is 84.2 Å². The molecule has 1 aromatic carbocycles. The quantitative estimate of drug-likeness (QED) is 0.850. The van der Waals surface area contributed by atoms with Gasteiger partial charge in [-0.05, 0) is 36.9 Å². The van der Waals surface area contributed by atoms with Gasteiger partial charge in [0.15, 0.2) is 5.69 Å². The van der Waals surface area contributed by atoms with Crippen LogP contribution in [0.3, 0.4) is 0 Å². The number of aromatic carboxylic acids is 1. The minimum absolute atomic E-state index is 0.00694. The van der Waals surface area contributed by atoms with E-state index in [-0.39, 0.29) is 16.9 Å². The highest BCUT2D eigenvalue weighted by Gasteiger charge is 2.11. The van der Waals surface area contributed by atoms with Gasteiger partial charge < -0.3 is 10.4 Å². The van der Waals surface area contributed by atoms with Crippen molar-refractivity contribution in [1.29, 1.82) is 0 Å². The van der Waals surface area contributed by atoms with Gasteiger partial charge in [-0.25, -0.2) is 9.48 Å². The first-order valence-electron chi connectivity index (χ1n) is 6.70. The van der Waals surface area contributed by atoms with Gasteiger partial charge >= 0.3 is 5.97 Å². The summed E-state index contributed by atoms with van der Waals surface area (Å²) in [5.41, 5.74) is 1.66. The highest BCUT2D eigenvalue weighted by molar-refractivity contribution is 7.99. The number of amides is 1. The van der Waals surface area contributed by atoms with Gasteiger partial charge in [0.25, 0.3) is 0 Å². The van der Waals surface area contributed by atoms with Crippen molar-refractivity contribution in [2.24, 2.45) is 0 Å². The summed E-state index contributed by atoms with van der Waals surface area (Å²) in [6.07, 6.45) is 3.49. The van der Waals surface area contributed by atoms with E-state index >= 15 is 0 Å². The van der Waals surface area contributed by atoms with Gasteiger partial charge in [0, 0.05) is 12.7 Å². The van der Waals surface area contributed by atoms with Gasteiger partial charge in [-0.1, -0.05) is 12.1 Å². The smallest absolute Gasteiger partial charge is 0.356 e. The predicted molar refractivity (Wildman–Crippen MR) is 85.3 cm³/mol. The lowest BCUT2D eigenvalue weighted by atomic mass is 10.2. The lowest BCUT2D eigenvalue weighted by Gasteiger charge is -2.10. The Balaban J connectivity index is 2.09. The Morgan fingerprint density at radius 2 is 2.18 bits per heavy atom. The summed E-state index contributed by atoms with van der Waals surface area (Å²) < 4.78 is 1.50. The zero-order chi connectivity index (χ0) is 16.1. The summed E-state index contributed by atoms with van der Waals surface area (Å²) in [6, 6.07) is 8.88. The summed E-state index contributed by atoms with van der Waals surface area (Å²) >= 11 is 1.49. The number of carbonyl (C=O) groups excluding carboxylic acids is 1. The van der Waals surface area contributed by atoms with Gasteiger partial charge in [0.2, 0.25) is 5.91 Å². The van der Waals surface area contributed by atoms with Crippen LogP contribution in [0.2, 0.25) is 0 Å². The van der Waals surface area contributed by atoms with Crippen molar-refractivity contribution in [2.45, 2.75) is 18.7 Å². The van der Waals surface area contributed by atoms with Gasteiger partial charge in [-0.15, -0.1) is 0 Å². The summed E-state index contributed by atoms with van der Waals surface area (Å²) in [5, 5.41) is 15.7. The first-order valence-corrected chi connectivity index (χ1v) is 7.99. The van der Waals surface area contributed by atoms with Crippen LogP contribution in [-0.2, 0) is 11.3 Å². The summed E-state index contributed by atoms with van der Waals surface area (Å²) in [6.45, 7) is 2.28. The third-order valence-corrected chi connectivity index (χ3v) is 4.09. The second-order valence-corrected chi connectivity index (χ2v) is 5.89. The molecule has 0 spiro atoms. The molecule has 1 unspecified atom stereocenters. The number of rotatable bonds is 6. The fourth-order valence-electron chi connectivity index (χ4n) is 1.83. The number of carboxylic acids is 1. The van der Waals surface area contributed by atoms with Crippen LogP contribution in [0.5, 0.6) is 0 Å². The van der Waals surface area contributed by atoms with Crippen molar-refractivity contribution in [3.63, 3.8) is 0 Å². The van der Waals surface area contributed by atoms with Gasteiger partial charge in [-0.2, -0.15) is 16.9 Å². The SMILES string of the molecule is CSC(C)C(=O)NCc1cccc(-n2ccc(C(=O)O)n2)c1. The van der Waals surface area contributed by atoms with Crippen molar-refractivity contribution in [3.8, 4) is 5.69 Å². The van der Waals surface area contributed by atoms with E-state index in [1.807, 2.05) is 37.4 Å². The molecule has 0 aliphatic carbocycles. The molecule has 0 aliphatic rings. The molecule has 1 aromatic heterocycles. The number of hydrogen-bond donors (Lipinski definition) is 2. The van der Waals surface area contributed by atoms with E-state index in [0.29, 0.717) is 6.54 Å². The molecule has 0 radical (unpaired) electrons. The number of benzene rings is 1. The van der Waals surface area contributed by atoms with Crippen LogP contribution < -0.4 is 5.32 Å². The van der Waals surface area contributed by atoms with E-state index < -0.39 is 5.97 Å². The molecule has 1 amide bonds. The summed E-state index contributed by atoms with van der Waals surface area (Å²) in [5.74, 6) is -1.07. The molecular weight excluding hydrogens is 302 g/mol. The van der Waals surface area contributed by atoms with Gasteiger partial charge in [0.05, 0.1) is 10.9 Å². The first-order chi connectivity index (χ1) is 10.5. The standard InChI is InChI=1S/C15H17N3O3S/c1-10(22-2)14(19)16-9-11-4-3-5-12(8-11)18-7-6-13(17-18)15(20)21/h3-8,10H,9H2,1-2H3,(H,16,19)(H,20,21). The molecule has 22 heavy (non-hydrogen) atoms. The first kappa shape index (κ1) is 16.1. The Kier molecular flexibility index (Phi) is 5.21. The van der Waals surface area contributed by atoms with Crippen LogP contribution in [0.25, 0.3) is 5.69 Å². The van der Waals surface area contributed by atoms with Crippen molar-refractivity contribution in [3.05, 3.63) is 47.8 Å². The molecule has 1 heterocycles. The molecule has 6 nitrogen and oxygen atoms in total. The average Bonchev–Trinajstić information content (AvgIpc) is 3.02. The highest BCUT2D eigenvalue weighted by Crippen LogP contribution is 2.11. The van der Waals surface area contributed by atoms with Crippen LogP contribution in [0.1, 0.15) is 23.0 Å². The number of hydrogen-bond acceptors (Lipinski definition) is 4. The van der Waals surface area contributed by atoms with Crippen molar-refractivity contribution >= 4 is 23.6 Å². The maximum Gasteiger partial charge on any atom is 0.356 e. The van der Waals surface area contributed by atoms with E-state index in [1.165, 1.54) is 22.5 Å². The summed E-state index contributed by atoms with van der Waals surface area (Å²) in [4.78, 5) is 22.6. The van der Waals surface area contributed by atoms with Crippen LogP contribution in [0.4, 0.5) is 0 Å². The van der Waals surface area contributed by atoms with Gasteiger partial charge in [0.1, 0.15) is 0 Å².